The van der Waals surface area contributed by atoms with Crippen LogP contribution in [0.15, 0.2) is 0 Å². The van der Waals surface area contributed by atoms with Crippen LogP contribution in [-0.2, 0) is 4.74 Å². The smallest absolute Gasteiger partial charge is 0.0698 e. The van der Waals surface area contributed by atoms with Crippen molar-refractivity contribution >= 4 is 0 Å². The Morgan fingerprint density at radius 2 is 1.93 bits per heavy atom. The van der Waals surface area contributed by atoms with Gasteiger partial charge in [-0.15, -0.1) is 0 Å². The van der Waals surface area contributed by atoms with Gasteiger partial charge in [0.1, 0.15) is 0 Å². The van der Waals surface area contributed by atoms with E-state index in [1.165, 1.54) is 25.7 Å². The Morgan fingerprint density at radius 1 is 1.27 bits per heavy atom. The molecule has 90 valence electrons. The number of ether oxygens (including phenoxy) is 1. The van der Waals surface area contributed by atoms with Crippen LogP contribution < -0.4 is 5.32 Å². The van der Waals surface area contributed by atoms with E-state index in [2.05, 4.69) is 33.0 Å². The summed E-state index contributed by atoms with van der Waals surface area (Å²) < 4.78 is 6.16. The maximum absolute atomic E-state index is 6.16. The van der Waals surface area contributed by atoms with Crippen LogP contribution in [0.5, 0.6) is 0 Å². The highest BCUT2D eigenvalue weighted by Crippen LogP contribution is 2.39. The van der Waals surface area contributed by atoms with Crippen molar-refractivity contribution in [1.29, 1.82) is 0 Å². The summed E-state index contributed by atoms with van der Waals surface area (Å²) in [5.74, 6) is 0. The van der Waals surface area contributed by atoms with E-state index in [0.717, 1.165) is 13.0 Å². The molecule has 0 amide bonds. The lowest BCUT2D eigenvalue weighted by Gasteiger charge is -2.44. The van der Waals surface area contributed by atoms with E-state index in [1.54, 1.807) is 0 Å². The molecular formula is C13H27NO. The van der Waals surface area contributed by atoms with Crippen LogP contribution in [0.25, 0.3) is 0 Å². The molecule has 15 heavy (non-hydrogen) atoms. The zero-order chi connectivity index (χ0) is 11.3. The van der Waals surface area contributed by atoms with Crippen LogP contribution >= 0.6 is 0 Å². The highest BCUT2D eigenvalue weighted by atomic mass is 16.5. The van der Waals surface area contributed by atoms with E-state index in [-0.39, 0.29) is 5.60 Å². The first-order chi connectivity index (χ1) is 7.08. The van der Waals surface area contributed by atoms with Crippen LogP contribution in [0.3, 0.4) is 0 Å². The molecule has 0 aliphatic heterocycles. The second kappa shape index (κ2) is 5.86. The summed E-state index contributed by atoms with van der Waals surface area (Å²) in [5.41, 5.74) is 0.220. The Bertz CT molecular complexity index is 175. The highest BCUT2D eigenvalue weighted by Gasteiger charge is 2.38. The van der Waals surface area contributed by atoms with Gasteiger partial charge in [-0.05, 0) is 45.6 Å². The third kappa shape index (κ3) is 4.12. The second-order valence-electron chi connectivity index (χ2n) is 5.23. The monoisotopic (exact) mass is 213 g/mol. The molecule has 0 heterocycles. The van der Waals surface area contributed by atoms with Crippen molar-refractivity contribution in [1.82, 2.24) is 5.32 Å². The normalized spacial score (nSPS) is 21.4. The number of hydrogen-bond donors (Lipinski definition) is 1. The van der Waals surface area contributed by atoms with Crippen LogP contribution in [0.1, 0.15) is 59.8 Å². The quantitative estimate of drug-likeness (QED) is 0.701. The minimum absolute atomic E-state index is 0.220. The van der Waals surface area contributed by atoms with Crippen molar-refractivity contribution < 1.29 is 4.74 Å². The van der Waals surface area contributed by atoms with Gasteiger partial charge in [0.25, 0.3) is 0 Å². The first kappa shape index (κ1) is 13.0. The molecule has 0 bridgehead atoms. The van der Waals surface area contributed by atoms with Gasteiger partial charge >= 0.3 is 0 Å². The van der Waals surface area contributed by atoms with E-state index in [1.807, 2.05) is 0 Å². The van der Waals surface area contributed by atoms with Gasteiger partial charge in [-0.1, -0.05) is 20.8 Å². The molecule has 2 heteroatoms. The lowest BCUT2D eigenvalue weighted by molar-refractivity contribution is -0.138. The van der Waals surface area contributed by atoms with Crippen molar-refractivity contribution in [3.63, 3.8) is 0 Å². The third-order valence-electron chi connectivity index (χ3n) is 3.42. The Kier molecular flexibility index (Phi) is 5.07. The Labute approximate surface area is 94.8 Å². The van der Waals surface area contributed by atoms with Gasteiger partial charge in [-0.3, -0.25) is 0 Å². The summed E-state index contributed by atoms with van der Waals surface area (Å²) in [6.45, 7) is 9.87. The molecule has 1 saturated carbocycles. The number of hydrogen-bond acceptors (Lipinski definition) is 2. The summed E-state index contributed by atoms with van der Waals surface area (Å²) >= 11 is 0. The fourth-order valence-electron chi connectivity index (χ4n) is 2.10. The van der Waals surface area contributed by atoms with E-state index in [9.17, 15) is 0 Å². The van der Waals surface area contributed by atoms with Crippen LogP contribution in [0, 0.1) is 0 Å². The van der Waals surface area contributed by atoms with Gasteiger partial charge in [0.15, 0.2) is 0 Å². The zero-order valence-electron chi connectivity index (χ0n) is 10.8. The van der Waals surface area contributed by atoms with Crippen molar-refractivity contribution in [2.45, 2.75) is 77.5 Å². The molecule has 1 atom stereocenters. The van der Waals surface area contributed by atoms with Crippen molar-refractivity contribution in [2.24, 2.45) is 0 Å². The van der Waals surface area contributed by atoms with E-state index in [4.69, 9.17) is 4.74 Å². The summed E-state index contributed by atoms with van der Waals surface area (Å²) in [7, 11) is 0. The topological polar surface area (TPSA) is 21.3 Å². The molecule has 2 nitrogen and oxygen atoms in total. The first-order valence-corrected chi connectivity index (χ1v) is 6.49. The highest BCUT2D eigenvalue weighted by molar-refractivity contribution is 4.91. The predicted molar refractivity (Wildman–Crippen MR) is 65.2 cm³/mol. The molecule has 0 saturated heterocycles. The Hall–Kier alpha value is -0.0800. The first-order valence-electron chi connectivity index (χ1n) is 6.49. The van der Waals surface area contributed by atoms with Gasteiger partial charge in [-0.25, -0.2) is 0 Å². The molecule has 0 aromatic heterocycles. The molecule has 1 aliphatic rings. The lowest BCUT2D eigenvalue weighted by atomic mass is 9.77. The molecule has 1 fully saturated rings. The van der Waals surface area contributed by atoms with Crippen molar-refractivity contribution in [2.75, 3.05) is 6.54 Å². The lowest BCUT2D eigenvalue weighted by Crippen LogP contribution is -2.45. The minimum atomic E-state index is 0.220. The van der Waals surface area contributed by atoms with Crippen molar-refractivity contribution in [3.8, 4) is 0 Å². The number of nitrogens with one attached hydrogen (secondary N) is 1. The fourth-order valence-corrected chi connectivity index (χ4v) is 2.10. The molecule has 1 unspecified atom stereocenters. The minimum Gasteiger partial charge on any atom is -0.372 e. The fraction of sp³-hybridized carbons (Fsp3) is 1.00. The maximum atomic E-state index is 6.16. The van der Waals surface area contributed by atoms with Gasteiger partial charge in [0.2, 0.25) is 0 Å². The van der Waals surface area contributed by atoms with Crippen LogP contribution in [0.2, 0.25) is 0 Å². The Morgan fingerprint density at radius 3 is 2.33 bits per heavy atom. The van der Waals surface area contributed by atoms with Gasteiger partial charge in [0, 0.05) is 6.04 Å². The summed E-state index contributed by atoms with van der Waals surface area (Å²) in [6.07, 6.45) is 6.59. The van der Waals surface area contributed by atoms with Crippen molar-refractivity contribution in [3.05, 3.63) is 0 Å². The standard InChI is InChI=1S/C13H27NO/c1-5-12(4)15-13(7-6-8-13)9-10-14-11(2)3/h11-12,14H,5-10H2,1-4H3. The predicted octanol–water partition coefficient (Wildman–Crippen LogP) is 3.11. The molecule has 0 spiro atoms. The summed E-state index contributed by atoms with van der Waals surface area (Å²) in [4.78, 5) is 0. The second-order valence-corrected chi connectivity index (χ2v) is 5.23. The van der Waals surface area contributed by atoms with E-state index >= 15 is 0 Å². The molecule has 1 aliphatic carbocycles. The third-order valence-corrected chi connectivity index (χ3v) is 3.42. The SMILES string of the molecule is CCC(C)OC1(CCNC(C)C)CCC1. The molecule has 1 N–H and O–H groups in total. The van der Waals surface area contributed by atoms with E-state index < -0.39 is 0 Å². The Balaban J connectivity index is 2.26. The average Bonchev–Trinajstić information content (AvgIpc) is 2.13. The maximum Gasteiger partial charge on any atom is 0.0698 e. The largest absolute Gasteiger partial charge is 0.372 e. The molecule has 0 radical (unpaired) electrons. The average molecular weight is 213 g/mol. The summed E-state index contributed by atoms with van der Waals surface area (Å²) in [6, 6.07) is 0.589. The van der Waals surface area contributed by atoms with Gasteiger partial charge < -0.3 is 10.1 Å². The molecule has 1 rings (SSSR count). The van der Waals surface area contributed by atoms with Crippen LogP contribution in [0.4, 0.5) is 0 Å². The summed E-state index contributed by atoms with van der Waals surface area (Å²) in [5, 5.41) is 3.48. The molecule has 0 aromatic carbocycles. The molecular weight excluding hydrogens is 186 g/mol. The molecule has 0 aromatic rings. The zero-order valence-corrected chi connectivity index (χ0v) is 10.8. The van der Waals surface area contributed by atoms with Gasteiger partial charge in [0.05, 0.1) is 11.7 Å². The van der Waals surface area contributed by atoms with Gasteiger partial charge in [-0.2, -0.15) is 0 Å². The van der Waals surface area contributed by atoms with E-state index in [0.29, 0.717) is 12.1 Å². The van der Waals surface area contributed by atoms with Crippen LogP contribution in [-0.4, -0.2) is 24.3 Å². The number of rotatable bonds is 7.